The SMILES string of the molecule is C/N=N/C1Nc2ccc(B3OC(C)(C)C(C)(C)O3)cc2S1. The number of hydrogen-bond donors (Lipinski definition) is 1. The van der Waals surface area contributed by atoms with Gasteiger partial charge in [0.1, 0.15) is 0 Å². The van der Waals surface area contributed by atoms with Crippen molar-refractivity contribution in [2.45, 2.75) is 49.3 Å². The molecule has 1 aromatic carbocycles. The van der Waals surface area contributed by atoms with E-state index in [1.54, 1.807) is 18.8 Å². The Morgan fingerprint density at radius 1 is 1.19 bits per heavy atom. The van der Waals surface area contributed by atoms with E-state index in [9.17, 15) is 0 Å². The van der Waals surface area contributed by atoms with Gasteiger partial charge in [0.25, 0.3) is 0 Å². The Labute approximate surface area is 130 Å². The van der Waals surface area contributed by atoms with Crippen LogP contribution in [0.4, 0.5) is 5.69 Å². The van der Waals surface area contributed by atoms with E-state index in [1.807, 2.05) is 12.1 Å². The van der Waals surface area contributed by atoms with Gasteiger partial charge in [0, 0.05) is 11.9 Å². The lowest BCUT2D eigenvalue weighted by Gasteiger charge is -2.32. The summed E-state index contributed by atoms with van der Waals surface area (Å²) in [6, 6.07) is 6.20. The highest BCUT2D eigenvalue weighted by Gasteiger charge is 2.51. The number of benzene rings is 1. The average Bonchev–Trinajstić information content (AvgIpc) is 2.87. The molecule has 1 fully saturated rings. The molecule has 1 saturated heterocycles. The number of fused-ring (bicyclic) bond motifs is 1. The Hall–Kier alpha value is -1.05. The van der Waals surface area contributed by atoms with Gasteiger partial charge in [-0.1, -0.05) is 17.8 Å². The van der Waals surface area contributed by atoms with Crippen molar-refractivity contribution in [3.8, 4) is 0 Å². The number of anilines is 1. The summed E-state index contributed by atoms with van der Waals surface area (Å²) in [6.45, 7) is 8.26. The molecule has 7 heteroatoms. The van der Waals surface area contributed by atoms with Crippen LogP contribution >= 0.6 is 11.8 Å². The Bertz CT molecular complexity index is 576. The van der Waals surface area contributed by atoms with Crippen molar-refractivity contribution in [3.05, 3.63) is 18.2 Å². The van der Waals surface area contributed by atoms with Crippen LogP contribution in [0.1, 0.15) is 27.7 Å². The normalized spacial score (nSPS) is 26.1. The molecule has 1 N–H and O–H groups in total. The van der Waals surface area contributed by atoms with E-state index in [0.29, 0.717) is 0 Å². The van der Waals surface area contributed by atoms with E-state index in [2.05, 4.69) is 49.3 Å². The molecule has 0 bridgehead atoms. The molecule has 0 spiro atoms. The Kier molecular flexibility index (Phi) is 3.54. The van der Waals surface area contributed by atoms with Gasteiger partial charge in [0.05, 0.1) is 16.9 Å². The van der Waals surface area contributed by atoms with Crippen LogP contribution in [0.25, 0.3) is 0 Å². The zero-order chi connectivity index (χ0) is 15.3. The van der Waals surface area contributed by atoms with Crippen LogP contribution in [-0.2, 0) is 9.31 Å². The van der Waals surface area contributed by atoms with E-state index >= 15 is 0 Å². The third-order valence-corrected chi connectivity index (χ3v) is 5.30. The topological polar surface area (TPSA) is 55.2 Å². The van der Waals surface area contributed by atoms with Gasteiger partial charge in [0.15, 0.2) is 5.50 Å². The molecule has 2 aliphatic heterocycles. The van der Waals surface area contributed by atoms with E-state index in [-0.39, 0.29) is 23.8 Å². The minimum Gasteiger partial charge on any atom is -0.399 e. The molecule has 2 aliphatic rings. The number of nitrogens with one attached hydrogen (secondary N) is 1. The minimum absolute atomic E-state index is 0.0430. The average molecular weight is 305 g/mol. The first kappa shape index (κ1) is 14.9. The zero-order valence-corrected chi connectivity index (χ0v) is 13.8. The van der Waals surface area contributed by atoms with Crippen LogP contribution in [0, 0.1) is 0 Å². The van der Waals surface area contributed by atoms with Crippen molar-refractivity contribution < 1.29 is 9.31 Å². The molecular weight excluding hydrogens is 285 g/mol. The van der Waals surface area contributed by atoms with Crippen LogP contribution < -0.4 is 10.8 Å². The lowest BCUT2D eigenvalue weighted by Crippen LogP contribution is -2.41. The zero-order valence-electron chi connectivity index (χ0n) is 13.0. The molecule has 21 heavy (non-hydrogen) atoms. The largest absolute Gasteiger partial charge is 0.494 e. The van der Waals surface area contributed by atoms with E-state index < -0.39 is 0 Å². The maximum absolute atomic E-state index is 6.09. The summed E-state index contributed by atoms with van der Waals surface area (Å²) in [5, 5.41) is 11.3. The van der Waals surface area contributed by atoms with Crippen LogP contribution in [-0.4, -0.2) is 30.9 Å². The highest BCUT2D eigenvalue weighted by atomic mass is 32.2. The number of rotatable bonds is 2. The van der Waals surface area contributed by atoms with Gasteiger partial charge in [-0.2, -0.15) is 10.2 Å². The van der Waals surface area contributed by atoms with E-state index in [4.69, 9.17) is 9.31 Å². The fourth-order valence-electron chi connectivity index (χ4n) is 2.32. The van der Waals surface area contributed by atoms with Crippen molar-refractivity contribution in [2.24, 2.45) is 10.2 Å². The maximum Gasteiger partial charge on any atom is 0.494 e. The summed E-state index contributed by atoms with van der Waals surface area (Å²) in [5.41, 5.74) is 1.44. The Morgan fingerprint density at radius 3 is 2.48 bits per heavy atom. The molecule has 1 atom stereocenters. The van der Waals surface area contributed by atoms with Crippen molar-refractivity contribution in [2.75, 3.05) is 12.4 Å². The van der Waals surface area contributed by atoms with Crippen molar-refractivity contribution >= 4 is 30.0 Å². The van der Waals surface area contributed by atoms with Crippen molar-refractivity contribution in [1.82, 2.24) is 0 Å². The predicted octanol–water partition coefficient (Wildman–Crippen LogP) is 2.87. The number of hydrogen-bond acceptors (Lipinski definition) is 6. The van der Waals surface area contributed by atoms with Crippen LogP contribution in [0.2, 0.25) is 0 Å². The molecule has 112 valence electrons. The second kappa shape index (κ2) is 5.00. The summed E-state index contributed by atoms with van der Waals surface area (Å²) < 4.78 is 12.2. The van der Waals surface area contributed by atoms with Crippen LogP contribution in [0.3, 0.4) is 0 Å². The standard InChI is InChI=1S/C14H20BN3O2S/c1-13(2)14(3,4)20-15(19-13)9-6-7-10-11(8-9)21-12(17-10)18-16-5/h6-8,12,17H,1-5H3/b18-16+. The van der Waals surface area contributed by atoms with Crippen LogP contribution in [0.5, 0.6) is 0 Å². The van der Waals surface area contributed by atoms with Gasteiger partial charge in [-0.15, -0.1) is 0 Å². The van der Waals surface area contributed by atoms with Gasteiger partial charge in [-0.05, 0) is 45.3 Å². The summed E-state index contributed by atoms with van der Waals surface area (Å²) in [5.74, 6) is 0. The number of azo groups is 1. The first-order valence-corrected chi connectivity index (χ1v) is 7.92. The molecule has 0 radical (unpaired) electrons. The summed E-state index contributed by atoms with van der Waals surface area (Å²) >= 11 is 1.65. The second-order valence-corrected chi connectivity index (χ2v) is 7.40. The molecule has 0 amide bonds. The lowest BCUT2D eigenvalue weighted by atomic mass is 9.79. The fourth-order valence-corrected chi connectivity index (χ4v) is 3.35. The minimum atomic E-state index is -0.326. The van der Waals surface area contributed by atoms with Gasteiger partial charge >= 0.3 is 7.12 Å². The first-order chi connectivity index (χ1) is 9.82. The molecular formula is C14H20BN3O2S. The van der Waals surface area contributed by atoms with Gasteiger partial charge < -0.3 is 14.6 Å². The van der Waals surface area contributed by atoms with Crippen LogP contribution in [0.15, 0.2) is 33.3 Å². The maximum atomic E-state index is 6.09. The van der Waals surface area contributed by atoms with Crippen molar-refractivity contribution in [3.63, 3.8) is 0 Å². The fraction of sp³-hybridized carbons (Fsp3) is 0.571. The van der Waals surface area contributed by atoms with Crippen molar-refractivity contribution in [1.29, 1.82) is 0 Å². The number of thioether (sulfide) groups is 1. The lowest BCUT2D eigenvalue weighted by molar-refractivity contribution is 0.00578. The monoisotopic (exact) mass is 305 g/mol. The second-order valence-electron chi connectivity index (χ2n) is 6.27. The van der Waals surface area contributed by atoms with Gasteiger partial charge in [-0.25, -0.2) is 0 Å². The summed E-state index contributed by atoms with van der Waals surface area (Å²) in [7, 11) is 1.36. The first-order valence-electron chi connectivity index (χ1n) is 7.04. The molecule has 2 heterocycles. The predicted molar refractivity (Wildman–Crippen MR) is 86.2 cm³/mol. The highest BCUT2D eigenvalue weighted by molar-refractivity contribution is 8.00. The third kappa shape index (κ3) is 2.58. The molecule has 0 aliphatic carbocycles. The highest BCUT2D eigenvalue weighted by Crippen LogP contribution is 2.40. The molecule has 0 saturated carbocycles. The molecule has 0 aromatic heterocycles. The summed E-state index contributed by atoms with van der Waals surface area (Å²) in [6.07, 6.45) is 0. The number of nitrogens with zero attached hydrogens (tertiary/aromatic N) is 2. The molecule has 1 unspecified atom stereocenters. The van der Waals surface area contributed by atoms with Gasteiger partial charge in [0.2, 0.25) is 0 Å². The quantitative estimate of drug-likeness (QED) is 0.674. The molecule has 3 rings (SSSR count). The molecule has 5 nitrogen and oxygen atoms in total. The summed E-state index contributed by atoms with van der Waals surface area (Å²) in [4.78, 5) is 1.15. The van der Waals surface area contributed by atoms with E-state index in [1.165, 1.54) is 0 Å². The van der Waals surface area contributed by atoms with E-state index in [0.717, 1.165) is 16.0 Å². The Balaban J connectivity index is 1.83. The Morgan fingerprint density at radius 2 is 1.86 bits per heavy atom. The van der Waals surface area contributed by atoms with Gasteiger partial charge in [-0.3, -0.25) is 0 Å². The molecule has 1 aromatic rings. The smallest absolute Gasteiger partial charge is 0.399 e. The third-order valence-electron chi connectivity index (χ3n) is 4.27.